The van der Waals surface area contributed by atoms with Crippen molar-refractivity contribution >= 4 is 34.5 Å². The van der Waals surface area contributed by atoms with Crippen LogP contribution < -0.4 is 20.4 Å². The van der Waals surface area contributed by atoms with Crippen LogP contribution in [0, 0.1) is 0 Å². The number of pyridine rings is 1. The summed E-state index contributed by atoms with van der Waals surface area (Å²) in [5.41, 5.74) is 4.23. The number of nitrogens with zero attached hydrogens (tertiary/aromatic N) is 3. The normalized spacial score (nSPS) is 15.7. The maximum Gasteiger partial charge on any atom is 0.255 e. The van der Waals surface area contributed by atoms with Crippen molar-refractivity contribution in [3.05, 3.63) is 66.4 Å². The first-order valence-electron chi connectivity index (χ1n) is 11.0. The molecular weight excluding hydrogens is 402 g/mol. The highest BCUT2D eigenvalue weighted by Gasteiger charge is 2.31. The summed E-state index contributed by atoms with van der Waals surface area (Å²) in [6.07, 6.45) is 7.01. The average Bonchev–Trinajstić information content (AvgIpc) is 3.42. The number of benzene rings is 2. The van der Waals surface area contributed by atoms with Crippen LogP contribution in [0.5, 0.6) is 5.75 Å². The van der Waals surface area contributed by atoms with Crippen molar-refractivity contribution in [2.75, 3.05) is 34.1 Å². The van der Waals surface area contributed by atoms with Gasteiger partial charge in [-0.2, -0.15) is 0 Å². The van der Waals surface area contributed by atoms with Crippen LogP contribution in [0.15, 0.2) is 60.8 Å². The molecule has 2 aliphatic rings. The maximum atomic E-state index is 12.7. The van der Waals surface area contributed by atoms with Gasteiger partial charge in [0.1, 0.15) is 11.6 Å². The van der Waals surface area contributed by atoms with Gasteiger partial charge in [-0.3, -0.25) is 4.79 Å². The molecule has 32 heavy (non-hydrogen) atoms. The van der Waals surface area contributed by atoms with Gasteiger partial charge in [0.2, 0.25) is 0 Å². The van der Waals surface area contributed by atoms with Gasteiger partial charge >= 0.3 is 0 Å². The van der Waals surface area contributed by atoms with E-state index in [4.69, 9.17) is 0 Å². The van der Waals surface area contributed by atoms with E-state index < -0.39 is 0 Å². The number of anilines is 5. The van der Waals surface area contributed by atoms with Gasteiger partial charge < -0.3 is 25.5 Å². The number of hydrogen-bond acceptors (Lipinski definition) is 6. The summed E-state index contributed by atoms with van der Waals surface area (Å²) in [5, 5.41) is 15.8. The Bertz CT molecular complexity index is 1140. The SMILES string of the molecule is CN1CN(C2CCCC2)c2cc(Nc3cccc(C(=O)Nc4cccc(O)c4)c3)ncc21. The average molecular weight is 430 g/mol. The number of fused-ring (bicyclic) bond motifs is 1. The number of carbonyl (C=O) groups excluding carboxylic acids is 1. The molecule has 1 amide bonds. The summed E-state index contributed by atoms with van der Waals surface area (Å²) in [6, 6.07) is 16.5. The van der Waals surface area contributed by atoms with E-state index in [1.807, 2.05) is 18.3 Å². The number of rotatable bonds is 5. The highest BCUT2D eigenvalue weighted by Crippen LogP contribution is 2.40. The summed E-state index contributed by atoms with van der Waals surface area (Å²) in [4.78, 5) is 22.0. The quantitative estimate of drug-likeness (QED) is 0.533. The van der Waals surface area contributed by atoms with E-state index in [0.29, 0.717) is 17.3 Å². The summed E-state index contributed by atoms with van der Waals surface area (Å²) in [6.45, 7) is 0.899. The fraction of sp³-hybridized carbons (Fsp3) is 0.280. The lowest BCUT2D eigenvalue weighted by Gasteiger charge is -2.26. The van der Waals surface area contributed by atoms with Crippen LogP contribution in [0.2, 0.25) is 0 Å². The molecule has 5 rings (SSSR count). The second-order valence-electron chi connectivity index (χ2n) is 8.52. The number of amides is 1. The summed E-state index contributed by atoms with van der Waals surface area (Å²) >= 11 is 0. The van der Waals surface area contributed by atoms with Crippen molar-refractivity contribution in [2.45, 2.75) is 31.7 Å². The molecule has 7 heteroatoms. The van der Waals surface area contributed by atoms with Gasteiger partial charge in [0, 0.05) is 42.2 Å². The van der Waals surface area contributed by atoms with Crippen LogP contribution >= 0.6 is 0 Å². The fourth-order valence-corrected chi connectivity index (χ4v) is 4.61. The van der Waals surface area contributed by atoms with Gasteiger partial charge in [-0.1, -0.05) is 25.0 Å². The van der Waals surface area contributed by atoms with Crippen LogP contribution in [-0.2, 0) is 0 Å². The largest absolute Gasteiger partial charge is 0.508 e. The van der Waals surface area contributed by atoms with E-state index >= 15 is 0 Å². The highest BCUT2D eigenvalue weighted by atomic mass is 16.3. The number of aromatic nitrogens is 1. The van der Waals surface area contributed by atoms with Crippen LogP contribution in [0.4, 0.5) is 28.6 Å². The molecule has 0 saturated heterocycles. The van der Waals surface area contributed by atoms with Gasteiger partial charge in [-0.15, -0.1) is 0 Å². The van der Waals surface area contributed by atoms with Gasteiger partial charge in [0.15, 0.2) is 0 Å². The van der Waals surface area contributed by atoms with E-state index in [-0.39, 0.29) is 11.7 Å². The Morgan fingerprint density at radius 3 is 2.62 bits per heavy atom. The Balaban J connectivity index is 1.34. The lowest BCUT2D eigenvalue weighted by atomic mass is 10.1. The molecule has 1 aliphatic carbocycles. The van der Waals surface area contributed by atoms with E-state index in [9.17, 15) is 9.90 Å². The second kappa shape index (κ2) is 8.42. The minimum absolute atomic E-state index is 0.109. The standard InChI is InChI=1S/C25H27N5O2/c1-29-16-30(20-9-2-3-10-20)22-14-24(26-15-23(22)29)27-18-7-4-6-17(12-18)25(32)28-19-8-5-11-21(31)13-19/h4-8,11-15,20,31H,2-3,9-10,16H2,1H3,(H,26,27)(H,28,32). The molecule has 3 N–H and O–H groups in total. The summed E-state index contributed by atoms with van der Waals surface area (Å²) in [5.74, 6) is 0.626. The van der Waals surface area contributed by atoms with Crippen molar-refractivity contribution in [1.29, 1.82) is 0 Å². The molecular formula is C25H27N5O2. The Morgan fingerprint density at radius 2 is 1.81 bits per heavy atom. The Labute approximate surface area is 187 Å². The lowest BCUT2D eigenvalue weighted by molar-refractivity contribution is 0.102. The molecule has 0 unspecified atom stereocenters. The monoisotopic (exact) mass is 429 g/mol. The van der Waals surface area contributed by atoms with Crippen molar-refractivity contribution < 1.29 is 9.90 Å². The minimum atomic E-state index is -0.241. The zero-order valence-electron chi connectivity index (χ0n) is 18.1. The number of hydrogen-bond donors (Lipinski definition) is 3. The second-order valence-corrected chi connectivity index (χ2v) is 8.52. The molecule has 2 aromatic carbocycles. The van der Waals surface area contributed by atoms with Crippen molar-refractivity contribution in [1.82, 2.24) is 4.98 Å². The van der Waals surface area contributed by atoms with E-state index in [1.165, 1.54) is 37.4 Å². The van der Waals surface area contributed by atoms with Crippen molar-refractivity contribution in [3.63, 3.8) is 0 Å². The number of aromatic hydroxyl groups is 1. The van der Waals surface area contributed by atoms with Crippen LogP contribution in [0.25, 0.3) is 0 Å². The number of phenolic OH excluding ortho intramolecular Hbond substituents is 1. The fourth-order valence-electron chi connectivity index (χ4n) is 4.61. The Morgan fingerprint density at radius 1 is 1.03 bits per heavy atom. The molecule has 0 bridgehead atoms. The molecule has 2 heterocycles. The topological polar surface area (TPSA) is 80.7 Å². The van der Waals surface area contributed by atoms with E-state index in [2.05, 4.69) is 38.5 Å². The van der Waals surface area contributed by atoms with Crippen molar-refractivity contribution in [2.24, 2.45) is 0 Å². The number of nitrogens with one attached hydrogen (secondary N) is 2. The van der Waals surface area contributed by atoms with Crippen LogP contribution in [0.3, 0.4) is 0 Å². The van der Waals surface area contributed by atoms with Gasteiger partial charge in [-0.05, 0) is 43.2 Å². The minimum Gasteiger partial charge on any atom is -0.508 e. The molecule has 0 radical (unpaired) electrons. The molecule has 1 aliphatic heterocycles. The smallest absolute Gasteiger partial charge is 0.255 e. The van der Waals surface area contributed by atoms with E-state index in [0.717, 1.165) is 23.9 Å². The lowest BCUT2D eigenvalue weighted by Crippen LogP contribution is -2.35. The Kier molecular flexibility index (Phi) is 5.31. The molecule has 1 fully saturated rings. The predicted molar refractivity (Wildman–Crippen MR) is 128 cm³/mol. The van der Waals surface area contributed by atoms with Crippen molar-refractivity contribution in [3.8, 4) is 5.75 Å². The molecule has 1 saturated carbocycles. The first kappa shape index (κ1) is 20.2. The molecule has 0 spiro atoms. The van der Waals surface area contributed by atoms with E-state index in [1.54, 1.807) is 30.3 Å². The van der Waals surface area contributed by atoms with Gasteiger partial charge in [-0.25, -0.2) is 4.98 Å². The molecule has 0 atom stereocenters. The zero-order valence-corrected chi connectivity index (χ0v) is 18.1. The van der Waals surface area contributed by atoms with Crippen LogP contribution in [-0.4, -0.2) is 35.8 Å². The highest BCUT2D eigenvalue weighted by molar-refractivity contribution is 6.05. The first-order chi connectivity index (χ1) is 15.6. The zero-order chi connectivity index (χ0) is 22.1. The van der Waals surface area contributed by atoms with Crippen LogP contribution in [0.1, 0.15) is 36.0 Å². The third-order valence-corrected chi connectivity index (χ3v) is 6.21. The Hall–Kier alpha value is -3.74. The molecule has 7 nitrogen and oxygen atoms in total. The maximum absolute atomic E-state index is 12.7. The third-order valence-electron chi connectivity index (χ3n) is 6.21. The molecule has 1 aromatic heterocycles. The molecule has 3 aromatic rings. The molecule has 164 valence electrons. The number of phenols is 1. The van der Waals surface area contributed by atoms with Gasteiger partial charge in [0.05, 0.1) is 24.2 Å². The third kappa shape index (κ3) is 4.06. The summed E-state index contributed by atoms with van der Waals surface area (Å²) in [7, 11) is 2.11. The first-order valence-corrected chi connectivity index (χ1v) is 11.0. The number of carbonyl (C=O) groups is 1. The summed E-state index contributed by atoms with van der Waals surface area (Å²) < 4.78 is 0. The van der Waals surface area contributed by atoms with Gasteiger partial charge in [0.25, 0.3) is 5.91 Å². The predicted octanol–water partition coefficient (Wildman–Crippen LogP) is 4.94.